The van der Waals surface area contributed by atoms with Crippen molar-refractivity contribution < 1.29 is 8.78 Å². The lowest BCUT2D eigenvalue weighted by molar-refractivity contribution is 0.124. The van der Waals surface area contributed by atoms with Crippen LogP contribution in [0.25, 0.3) is 0 Å². The number of halogens is 2. The van der Waals surface area contributed by atoms with E-state index in [0.717, 1.165) is 0 Å². The Hall–Kier alpha value is -1.88. The van der Waals surface area contributed by atoms with E-state index in [0.29, 0.717) is 5.70 Å². The first-order valence-electron chi connectivity index (χ1n) is 5.69. The Bertz CT molecular complexity index is 350. The minimum atomic E-state index is -2.39. The van der Waals surface area contributed by atoms with Crippen molar-refractivity contribution in [2.75, 3.05) is 27.7 Å². The highest BCUT2D eigenvalue weighted by Gasteiger charge is 2.07. The van der Waals surface area contributed by atoms with Gasteiger partial charge in [-0.25, -0.2) is 14.2 Å². The highest BCUT2D eigenvalue weighted by atomic mass is 19.3. The Balaban J connectivity index is 4.45. The molecule has 1 unspecified atom stereocenters. The van der Waals surface area contributed by atoms with Gasteiger partial charge in [-0.3, -0.25) is 4.99 Å². The summed E-state index contributed by atoms with van der Waals surface area (Å²) in [5, 5.41) is 8.83. The van der Waals surface area contributed by atoms with E-state index in [1.165, 1.54) is 18.3 Å². The lowest BCUT2D eigenvalue weighted by atomic mass is 10.4. The van der Waals surface area contributed by atoms with Gasteiger partial charge in [-0.2, -0.15) is 5.26 Å². The second-order valence-electron chi connectivity index (χ2n) is 3.92. The Morgan fingerprint density at radius 3 is 2.58 bits per heavy atom. The molecule has 0 aromatic heterocycles. The highest BCUT2D eigenvalue weighted by Crippen LogP contribution is 2.00. The molecule has 0 spiro atoms. The number of allylic oxidation sites excluding steroid dienone is 1. The summed E-state index contributed by atoms with van der Waals surface area (Å²) in [7, 11) is 4.91. The monoisotopic (exact) mass is 274 g/mol. The average molecular weight is 274 g/mol. The van der Waals surface area contributed by atoms with Crippen molar-refractivity contribution in [2.24, 2.45) is 4.99 Å². The fourth-order valence-corrected chi connectivity index (χ4v) is 1.12. The van der Waals surface area contributed by atoms with Crippen molar-refractivity contribution >= 4 is 6.34 Å². The number of nitrogens with one attached hydrogen (secondary N) is 2. The minimum absolute atomic E-state index is 0.276. The lowest BCUT2D eigenvalue weighted by Gasteiger charge is -2.21. The first-order valence-corrected chi connectivity index (χ1v) is 5.69. The molecule has 2 N–H and O–H groups in total. The molecule has 0 heterocycles. The summed E-state index contributed by atoms with van der Waals surface area (Å²) in [4.78, 5) is 7.12. The van der Waals surface area contributed by atoms with Gasteiger partial charge in [0.15, 0.2) is 0 Å². The van der Waals surface area contributed by atoms with Crippen LogP contribution < -0.4 is 10.9 Å². The number of hydrogen-bond acceptors (Lipinski definition) is 5. The van der Waals surface area contributed by atoms with Gasteiger partial charge in [0, 0.05) is 27.3 Å². The molecule has 0 bridgehead atoms. The largest absolute Gasteiger partial charge is 0.360 e. The summed E-state index contributed by atoms with van der Waals surface area (Å²) in [6.45, 7) is 1.43. The van der Waals surface area contributed by atoms with Gasteiger partial charge in [0.1, 0.15) is 17.9 Å². The predicted molar refractivity (Wildman–Crippen MR) is 70.2 cm³/mol. The van der Waals surface area contributed by atoms with Gasteiger partial charge >= 0.3 is 0 Å². The van der Waals surface area contributed by atoms with Crippen LogP contribution in [0.15, 0.2) is 16.9 Å². The van der Waals surface area contributed by atoms with Crippen molar-refractivity contribution in [3.05, 3.63) is 11.9 Å². The predicted octanol–water partition coefficient (Wildman–Crippen LogP) is 0.578. The molecule has 0 rings (SSSR count). The lowest BCUT2D eigenvalue weighted by Crippen LogP contribution is -2.30. The Kier molecular flexibility index (Phi) is 8.20. The van der Waals surface area contributed by atoms with Crippen LogP contribution in [-0.4, -0.2) is 56.4 Å². The second kappa shape index (κ2) is 9.10. The summed E-state index contributed by atoms with van der Waals surface area (Å²) in [6, 6.07) is 1.96. The van der Waals surface area contributed by atoms with Crippen molar-refractivity contribution in [3.63, 3.8) is 0 Å². The average Bonchev–Trinajstić information content (AvgIpc) is 2.34. The van der Waals surface area contributed by atoms with Gasteiger partial charge in [0.05, 0.1) is 12.9 Å². The summed E-state index contributed by atoms with van der Waals surface area (Å²) in [5.74, 6) is 0. The third-order valence-corrected chi connectivity index (χ3v) is 2.21. The second-order valence-corrected chi connectivity index (χ2v) is 3.92. The summed E-state index contributed by atoms with van der Waals surface area (Å²) >= 11 is 0. The number of nitriles is 1. The molecular formula is C11H20F2N6. The smallest absolute Gasteiger partial charge is 0.255 e. The molecule has 0 fully saturated rings. The Morgan fingerprint density at radius 2 is 2.11 bits per heavy atom. The van der Waals surface area contributed by atoms with Crippen molar-refractivity contribution in [2.45, 2.75) is 19.5 Å². The molecule has 1 atom stereocenters. The SMILES string of the molecule is CNN/C(C#N)=C\N(C)C(C)/N=C\N(C)CC(F)F. The van der Waals surface area contributed by atoms with Crippen LogP contribution in [0.4, 0.5) is 8.78 Å². The minimum Gasteiger partial charge on any atom is -0.360 e. The maximum atomic E-state index is 12.1. The topological polar surface area (TPSA) is 66.7 Å². The van der Waals surface area contributed by atoms with Crippen LogP contribution in [0.1, 0.15) is 6.92 Å². The molecule has 6 nitrogen and oxygen atoms in total. The zero-order valence-corrected chi connectivity index (χ0v) is 11.6. The highest BCUT2D eigenvalue weighted by molar-refractivity contribution is 5.54. The van der Waals surface area contributed by atoms with Crippen LogP contribution in [-0.2, 0) is 0 Å². The molecule has 0 aromatic rings. The number of rotatable bonds is 8. The molecule has 0 saturated heterocycles. The van der Waals surface area contributed by atoms with Crippen LogP contribution in [0, 0.1) is 11.3 Å². The summed E-state index contributed by atoms with van der Waals surface area (Å²) in [6.07, 6.45) is 0.265. The number of alkyl halides is 2. The molecule has 0 amide bonds. The van der Waals surface area contributed by atoms with Crippen LogP contribution in [0.3, 0.4) is 0 Å². The quantitative estimate of drug-likeness (QED) is 0.293. The fraction of sp³-hybridized carbons (Fsp3) is 0.636. The van der Waals surface area contributed by atoms with Crippen LogP contribution in [0.2, 0.25) is 0 Å². The van der Waals surface area contributed by atoms with Gasteiger partial charge < -0.3 is 15.2 Å². The van der Waals surface area contributed by atoms with E-state index >= 15 is 0 Å². The normalized spacial score (nSPS) is 13.5. The van der Waals surface area contributed by atoms with Gasteiger partial charge in [-0.15, -0.1) is 0 Å². The van der Waals surface area contributed by atoms with E-state index in [1.54, 1.807) is 32.1 Å². The molecule has 0 radical (unpaired) electrons. The molecule has 0 aromatic carbocycles. The molecule has 0 aliphatic rings. The van der Waals surface area contributed by atoms with Crippen molar-refractivity contribution in [1.82, 2.24) is 20.7 Å². The van der Waals surface area contributed by atoms with Gasteiger partial charge in [-0.1, -0.05) is 0 Å². The van der Waals surface area contributed by atoms with Crippen molar-refractivity contribution in [3.8, 4) is 6.07 Å². The number of aliphatic imine (C=N–C) groups is 1. The number of hydrogen-bond donors (Lipinski definition) is 2. The van der Waals surface area contributed by atoms with Gasteiger partial charge in [0.25, 0.3) is 6.43 Å². The zero-order valence-electron chi connectivity index (χ0n) is 11.6. The van der Waals surface area contributed by atoms with E-state index in [-0.39, 0.29) is 12.7 Å². The molecule has 8 heteroatoms. The number of nitrogens with zero attached hydrogens (tertiary/aromatic N) is 4. The standard InChI is InChI=1S/C11H20F2N6/c1-9(16-8-18(3)7-11(12)13)19(4)6-10(5-14)17-15-2/h6,8-9,11,15,17H,7H2,1-4H3/b10-6-,16-8-. The maximum Gasteiger partial charge on any atom is 0.255 e. The van der Waals surface area contributed by atoms with Crippen LogP contribution in [0.5, 0.6) is 0 Å². The third-order valence-electron chi connectivity index (χ3n) is 2.21. The third kappa shape index (κ3) is 7.94. The fourth-order valence-electron chi connectivity index (χ4n) is 1.12. The van der Waals surface area contributed by atoms with Gasteiger partial charge in [0.2, 0.25) is 0 Å². The van der Waals surface area contributed by atoms with E-state index in [2.05, 4.69) is 15.8 Å². The maximum absolute atomic E-state index is 12.1. The molecule has 19 heavy (non-hydrogen) atoms. The molecule has 0 aliphatic carbocycles. The van der Waals surface area contributed by atoms with E-state index in [9.17, 15) is 8.78 Å². The van der Waals surface area contributed by atoms with E-state index < -0.39 is 6.43 Å². The molecule has 0 saturated carbocycles. The molecular weight excluding hydrogens is 254 g/mol. The van der Waals surface area contributed by atoms with Crippen LogP contribution >= 0.6 is 0 Å². The van der Waals surface area contributed by atoms with Crippen molar-refractivity contribution in [1.29, 1.82) is 5.26 Å². The Morgan fingerprint density at radius 1 is 1.47 bits per heavy atom. The van der Waals surface area contributed by atoms with Gasteiger partial charge in [-0.05, 0) is 6.92 Å². The van der Waals surface area contributed by atoms with E-state index in [1.807, 2.05) is 6.07 Å². The van der Waals surface area contributed by atoms with E-state index in [4.69, 9.17) is 5.26 Å². The molecule has 0 aliphatic heterocycles. The number of hydrazine groups is 1. The zero-order chi connectivity index (χ0) is 14.8. The Labute approximate surface area is 112 Å². The first-order chi connectivity index (χ1) is 8.90. The first kappa shape index (κ1) is 17.1. The summed E-state index contributed by atoms with van der Waals surface area (Å²) < 4.78 is 24.2. The summed E-state index contributed by atoms with van der Waals surface area (Å²) in [5.41, 5.74) is 5.62. The molecule has 108 valence electrons.